The second-order valence-electron chi connectivity index (χ2n) is 8.66. The van der Waals surface area contributed by atoms with Crippen molar-refractivity contribution in [2.24, 2.45) is 0 Å². The standard InChI is InChI=1S/C27H27FN6O3/c28-23-4-1-20(2-5-23)19-37-26-6-3-21(15-25(26)27(35)32-24-7-8-29-30-17-24)22-16-31-34(18-22)10-9-33-11-13-36-14-12-33/h1-8,15-18H,9-14,19H2,(H,29,32,35). The Morgan fingerprint density at radius 1 is 1.00 bits per heavy atom. The Labute approximate surface area is 213 Å². The van der Waals surface area contributed by atoms with Gasteiger partial charge in [-0.3, -0.25) is 14.4 Å². The summed E-state index contributed by atoms with van der Waals surface area (Å²) in [4.78, 5) is 15.6. The molecule has 1 amide bonds. The highest BCUT2D eigenvalue weighted by molar-refractivity contribution is 6.06. The summed E-state index contributed by atoms with van der Waals surface area (Å²) in [6.07, 6.45) is 6.74. The van der Waals surface area contributed by atoms with Gasteiger partial charge < -0.3 is 14.8 Å². The Bertz CT molecular complexity index is 1320. The lowest BCUT2D eigenvalue weighted by molar-refractivity contribution is 0.0360. The van der Waals surface area contributed by atoms with Gasteiger partial charge in [0.25, 0.3) is 5.91 Å². The molecule has 0 atom stereocenters. The molecule has 0 saturated carbocycles. The molecule has 0 bridgehead atoms. The van der Waals surface area contributed by atoms with Crippen LogP contribution in [0.25, 0.3) is 11.1 Å². The van der Waals surface area contributed by atoms with Crippen molar-refractivity contribution in [2.75, 3.05) is 38.2 Å². The number of carbonyl (C=O) groups is 1. The molecule has 1 aliphatic heterocycles. The molecule has 0 unspecified atom stereocenters. The Kier molecular flexibility index (Phi) is 7.78. The van der Waals surface area contributed by atoms with Crippen molar-refractivity contribution >= 4 is 11.6 Å². The molecule has 9 nitrogen and oxygen atoms in total. The molecule has 10 heteroatoms. The predicted octanol–water partition coefficient (Wildman–Crippen LogP) is 3.64. The fourth-order valence-corrected chi connectivity index (χ4v) is 4.02. The summed E-state index contributed by atoms with van der Waals surface area (Å²) in [6.45, 7) is 5.24. The third-order valence-corrected chi connectivity index (χ3v) is 6.09. The van der Waals surface area contributed by atoms with E-state index in [9.17, 15) is 9.18 Å². The zero-order chi connectivity index (χ0) is 25.5. The first kappa shape index (κ1) is 24.5. The van der Waals surface area contributed by atoms with Crippen molar-refractivity contribution in [2.45, 2.75) is 13.2 Å². The predicted molar refractivity (Wildman–Crippen MR) is 136 cm³/mol. The molecule has 1 fully saturated rings. The quantitative estimate of drug-likeness (QED) is 0.373. The van der Waals surface area contributed by atoms with Gasteiger partial charge in [0.2, 0.25) is 0 Å². The number of amides is 1. The van der Waals surface area contributed by atoms with Crippen LogP contribution in [-0.2, 0) is 17.9 Å². The van der Waals surface area contributed by atoms with E-state index in [0.717, 1.165) is 56.1 Å². The molecule has 2 aromatic carbocycles. The van der Waals surface area contributed by atoms with Crippen LogP contribution in [0.5, 0.6) is 5.75 Å². The molecule has 4 aromatic rings. The van der Waals surface area contributed by atoms with Crippen LogP contribution in [-0.4, -0.2) is 63.6 Å². The number of halogens is 1. The van der Waals surface area contributed by atoms with Gasteiger partial charge in [0, 0.05) is 31.4 Å². The number of nitrogens with one attached hydrogen (secondary N) is 1. The lowest BCUT2D eigenvalue weighted by Gasteiger charge is -2.26. The number of anilines is 1. The number of aromatic nitrogens is 4. The largest absolute Gasteiger partial charge is 0.488 e. The minimum absolute atomic E-state index is 0.191. The summed E-state index contributed by atoms with van der Waals surface area (Å²) in [5.41, 5.74) is 3.40. The third-order valence-electron chi connectivity index (χ3n) is 6.09. The van der Waals surface area contributed by atoms with E-state index in [2.05, 4.69) is 25.5 Å². The van der Waals surface area contributed by atoms with Gasteiger partial charge in [0.15, 0.2) is 0 Å². The van der Waals surface area contributed by atoms with Crippen LogP contribution in [0.15, 0.2) is 73.3 Å². The summed E-state index contributed by atoms with van der Waals surface area (Å²) < 4.78 is 26.6. The molecule has 1 saturated heterocycles. The first-order valence-electron chi connectivity index (χ1n) is 12.1. The van der Waals surface area contributed by atoms with Crippen LogP contribution < -0.4 is 10.1 Å². The van der Waals surface area contributed by atoms with Crippen LogP contribution in [0.4, 0.5) is 10.1 Å². The van der Waals surface area contributed by atoms with Crippen LogP contribution in [0.1, 0.15) is 15.9 Å². The van der Waals surface area contributed by atoms with Crippen LogP contribution in [0.2, 0.25) is 0 Å². The van der Waals surface area contributed by atoms with Crippen molar-refractivity contribution in [1.82, 2.24) is 24.9 Å². The number of ether oxygens (including phenoxy) is 2. The van der Waals surface area contributed by atoms with E-state index in [-0.39, 0.29) is 18.3 Å². The average Bonchev–Trinajstić information content (AvgIpc) is 3.42. The van der Waals surface area contributed by atoms with Gasteiger partial charge in [-0.05, 0) is 41.5 Å². The van der Waals surface area contributed by atoms with Gasteiger partial charge in [-0.1, -0.05) is 18.2 Å². The summed E-state index contributed by atoms with van der Waals surface area (Å²) in [7, 11) is 0. The van der Waals surface area contributed by atoms with E-state index in [1.165, 1.54) is 24.5 Å². The van der Waals surface area contributed by atoms with Crippen molar-refractivity contribution in [1.29, 1.82) is 0 Å². The van der Waals surface area contributed by atoms with Gasteiger partial charge in [-0.15, -0.1) is 0 Å². The van der Waals surface area contributed by atoms with Gasteiger partial charge >= 0.3 is 0 Å². The van der Waals surface area contributed by atoms with E-state index >= 15 is 0 Å². The molecule has 1 aliphatic rings. The summed E-state index contributed by atoms with van der Waals surface area (Å²) >= 11 is 0. The fourth-order valence-electron chi connectivity index (χ4n) is 4.02. The lowest BCUT2D eigenvalue weighted by Crippen LogP contribution is -2.38. The van der Waals surface area contributed by atoms with Crippen molar-refractivity contribution in [3.05, 3.63) is 90.3 Å². The molecule has 190 valence electrons. The first-order valence-corrected chi connectivity index (χ1v) is 12.1. The zero-order valence-electron chi connectivity index (χ0n) is 20.2. The number of hydrogen-bond donors (Lipinski definition) is 1. The summed E-state index contributed by atoms with van der Waals surface area (Å²) in [5, 5.41) is 14.9. The maximum Gasteiger partial charge on any atom is 0.259 e. The Morgan fingerprint density at radius 3 is 2.62 bits per heavy atom. The number of carbonyl (C=O) groups excluding carboxylic acids is 1. The number of hydrogen-bond acceptors (Lipinski definition) is 7. The first-order chi connectivity index (χ1) is 18.1. The number of morpholine rings is 1. The van der Waals surface area contributed by atoms with Crippen molar-refractivity contribution < 1.29 is 18.7 Å². The van der Waals surface area contributed by atoms with E-state index in [0.29, 0.717) is 17.0 Å². The van der Waals surface area contributed by atoms with Gasteiger partial charge in [0.05, 0.1) is 49.6 Å². The summed E-state index contributed by atoms with van der Waals surface area (Å²) in [6, 6.07) is 13.2. The monoisotopic (exact) mass is 502 g/mol. The van der Waals surface area contributed by atoms with Gasteiger partial charge in [0.1, 0.15) is 18.2 Å². The highest BCUT2D eigenvalue weighted by atomic mass is 19.1. The highest BCUT2D eigenvalue weighted by Crippen LogP contribution is 2.28. The second-order valence-corrected chi connectivity index (χ2v) is 8.66. The Morgan fingerprint density at radius 2 is 1.84 bits per heavy atom. The smallest absolute Gasteiger partial charge is 0.259 e. The molecule has 3 heterocycles. The van der Waals surface area contributed by atoms with E-state index in [1.807, 2.05) is 16.9 Å². The average molecular weight is 503 g/mol. The van der Waals surface area contributed by atoms with Gasteiger partial charge in [-0.2, -0.15) is 15.3 Å². The SMILES string of the molecule is O=C(Nc1ccnnc1)c1cc(-c2cnn(CCN3CCOCC3)c2)ccc1OCc1ccc(F)cc1. The maximum atomic E-state index is 13.3. The van der Waals surface area contributed by atoms with E-state index in [4.69, 9.17) is 9.47 Å². The van der Waals surface area contributed by atoms with Gasteiger partial charge in [-0.25, -0.2) is 4.39 Å². The minimum Gasteiger partial charge on any atom is -0.488 e. The lowest BCUT2D eigenvalue weighted by atomic mass is 10.0. The van der Waals surface area contributed by atoms with E-state index in [1.54, 1.807) is 36.5 Å². The van der Waals surface area contributed by atoms with Crippen LogP contribution in [0.3, 0.4) is 0 Å². The highest BCUT2D eigenvalue weighted by Gasteiger charge is 2.17. The molecule has 0 spiro atoms. The molecule has 1 N–H and O–H groups in total. The molecule has 0 radical (unpaired) electrons. The molecule has 37 heavy (non-hydrogen) atoms. The Hall–Kier alpha value is -4.15. The third kappa shape index (κ3) is 6.54. The summed E-state index contributed by atoms with van der Waals surface area (Å²) in [5.74, 6) is -0.249. The normalized spacial score (nSPS) is 13.9. The number of rotatable bonds is 9. The van der Waals surface area contributed by atoms with Crippen LogP contribution in [0, 0.1) is 5.82 Å². The number of nitrogens with zero attached hydrogens (tertiary/aromatic N) is 5. The maximum absolute atomic E-state index is 13.3. The minimum atomic E-state index is -0.344. The molecular weight excluding hydrogens is 475 g/mol. The Balaban J connectivity index is 1.34. The molecule has 2 aromatic heterocycles. The van der Waals surface area contributed by atoms with Crippen molar-refractivity contribution in [3.8, 4) is 16.9 Å². The topological polar surface area (TPSA) is 94.4 Å². The van der Waals surface area contributed by atoms with E-state index < -0.39 is 0 Å². The molecule has 0 aliphatic carbocycles. The fraction of sp³-hybridized carbons (Fsp3) is 0.259. The van der Waals surface area contributed by atoms with Crippen LogP contribution >= 0.6 is 0 Å². The molecular formula is C27H27FN6O3. The molecule has 5 rings (SSSR count). The zero-order valence-corrected chi connectivity index (χ0v) is 20.2. The number of benzene rings is 2. The van der Waals surface area contributed by atoms with Crippen molar-refractivity contribution in [3.63, 3.8) is 0 Å². The second kappa shape index (κ2) is 11.7.